The van der Waals surface area contributed by atoms with Crippen LogP contribution < -0.4 is 10.6 Å². The predicted octanol–water partition coefficient (Wildman–Crippen LogP) is 4.41. The summed E-state index contributed by atoms with van der Waals surface area (Å²) in [7, 11) is 0. The molecule has 3 aromatic heterocycles. The van der Waals surface area contributed by atoms with Crippen molar-refractivity contribution in [1.82, 2.24) is 24.8 Å². The normalized spacial score (nSPS) is 17.3. The van der Waals surface area contributed by atoms with Crippen LogP contribution in [0.1, 0.15) is 29.9 Å². The number of benzene rings is 1. The first-order valence-corrected chi connectivity index (χ1v) is 11.6. The van der Waals surface area contributed by atoms with Crippen molar-refractivity contribution in [1.29, 1.82) is 0 Å². The molecule has 35 heavy (non-hydrogen) atoms. The highest BCUT2D eigenvalue weighted by atomic mass is 32.1. The minimum atomic E-state index is -0.471. The molecule has 9 heteroatoms. The zero-order chi connectivity index (χ0) is 24.2. The van der Waals surface area contributed by atoms with Crippen LogP contribution in [0.3, 0.4) is 0 Å². The number of hydrogen-bond donors (Lipinski definition) is 2. The van der Waals surface area contributed by atoms with E-state index in [1.807, 2.05) is 53.6 Å². The summed E-state index contributed by atoms with van der Waals surface area (Å²) in [5.41, 5.74) is 2.91. The Kier molecular flexibility index (Phi) is 6.49. The van der Waals surface area contributed by atoms with Gasteiger partial charge in [-0.15, -0.1) is 0 Å². The molecule has 2 atom stereocenters. The molecule has 176 valence electrons. The van der Waals surface area contributed by atoms with E-state index < -0.39 is 5.82 Å². The van der Waals surface area contributed by atoms with Gasteiger partial charge in [0.05, 0.1) is 35.3 Å². The van der Waals surface area contributed by atoms with Gasteiger partial charge in [-0.2, -0.15) is 0 Å². The first-order chi connectivity index (χ1) is 17.1. The van der Waals surface area contributed by atoms with Crippen LogP contribution in [0, 0.1) is 5.82 Å². The SMILES string of the molecule is O=C(CCN1C(=S)N[C@H](c2ccccn2)[C@@H]1c1cccn1-c1cccnc1)Nc1ccccc1F. The lowest BCUT2D eigenvalue weighted by molar-refractivity contribution is -0.116. The van der Waals surface area contributed by atoms with Gasteiger partial charge < -0.3 is 20.1 Å². The molecule has 0 bridgehead atoms. The molecule has 0 aliphatic carbocycles. The van der Waals surface area contributed by atoms with Crippen molar-refractivity contribution < 1.29 is 9.18 Å². The zero-order valence-corrected chi connectivity index (χ0v) is 19.5. The third kappa shape index (κ3) is 4.76. The van der Waals surface area contributed by atoms with Gasteiger partial charge in [0.25, 0.3) is 0 Å². The fourth-order valence-electron chi connectivity index (χ4n) is 4.33. The van der Waals surface area contributed by atoms with E-state index in [0.717, 1.165) is 17.1 Å². The smallest absolute Gasteiger partial charge is 0.226 e. The summed E-state index contributed by atoms with van der Waals surface area (Å²) in [6.45, 7) is 0.346. The summed E-state index contributed by atoms with van der Waals surface area (Å²) in [5.74, 6) is -0.762. The number of nitrogens with one attached hydrogen (secondary N) is 2. The number of anilines is 1. The van der Waals surface area contributed by atoms with Crippen LogP contribution in [0.4, 0.5) is 10.1 Å². The lowest BCUT2D eigenvalue weighted by Gasteiger charge is -2.28. The van der Waals surface area contributed by atoms with Crippen molar-refractivity contribution in [3.63, 3.8) is 0 Å². The van der Waals surface area contributed by atoms with Crippen molar-refractivity contribution in [2.45, 2.75) is 18.5 Å². The van der Waals surface area contributed by atoms with E-state index in [0.29, 0.717) is 11.7 Å². The number of carbonyl (C=O) groups is 1. The molecule has 1 aliphatic heterocycles. The number of hydrogen-bond acceptors (Lipinski definition) is 4. The summed E-state index contributed by atoms with van der Waals surface area (Å²) in [6.07, 6.45) is 7.39. The Balaban J connectivity index is 1.44. The molecule has 1 fully saturated rings. The van der Waals surface area contributed by atoms with Crippen molar-refractivity contribution in [3.8, 4) is 5.69 Å². The molecule has 1 aromatic carbocycles. The molecule has 1 saturated heterocycles. The highest BCUT2D eigenvalue weighted by molar-refractivity contribution is 7.80. The van der Waals surface area contributed by atoms with Crippen LogP contribution in [0.2, 0.25) is 0 Å². The highest BCUT2D eigenvalue weighted by Gasteiger charge is 2.41. The average Bonchev–Trinajstić information content (AvgIpc) is 3.49. The Morgan fingerprint density at radius 2 is 1.91 bits per heavy atom. The Morgan fingerprint density at radius 1 is 1.06 bits per heavy atom. The first kappa shape index (κ1) is 22.7. The second-order valence-corrected chi connectivity index (χ2v) is 8.50. The number of thiocarbonyl (C=S) groups is 1. The summed E-state index contributed by atoms with van der Waals surface area (Å²) < 4.78 is 16.0. The van der Waals surface area contributed by atoms with Crippen LogP contribution >= 0.6 is 12.2 Å². The quantitative estimate of drug-likeness (QED) is 0.377. The molecule has 1 aliphatic rings. The predicted molar refractivity (Wildman–Crippen MR) is 135 cm³/mol. The van der Waals surface area contributed by atoms with E-state index in [1.54, 1.807) is 30.7 Å². The van der Waals surface area contributed by atoms with Gasteiger partial charge in [-0.3, -0.25) is 14.8 Å². The maximum atomic E-state index is 14.0. The molecule has 1 amide bonds. The summed E-state index contributed by atoms with van der Waals surface area (Å²) >= 11 is 5.70. The molecule has 2 N–H and O–H groups in total. The van der Waals surface area contributed by atoms with Crippen LogP contribution in [0.25, 0.3) is 5.69 Å². The van der Waals surface area contributed by atoms with Crippen LogP contribution in [0.5, 0.6) is 0 Å². The second kappa shape index (κ2) is 10.0. The number of rotatable bonds is 7. The molecule has 0 radical (unpaired) electrons. The molecule has 0 unspecified atom stereocenters. The molecule has 4 heterocycles. The van der Waals surface area contributed by atoms with Crippen molar-refractivity contribution >= 4 is 28.9 Å². The van der Waals surface area contributed by atoms with Gasteiger partial charge in [-0.25, -0.2) is 4.39 Å². The van der Waals surface area contributed by atoms with Gasteiger partial charge in [0.15, 0.2) is 5.11 Å². The molecular formula is C26H23FN6OS. The van der Waals surface area contributed by atoms with E-state index in [1.165, 1.54) is 12.1 Å². The van der Waals surface area contributed by atoms with Crippen molar-refractivity contribution in [2.24, 2.45) is 0 Å². The fourth-order valence-corrected chi connectivity index (χ4v) is 4.66. The summed E-state index contributed by atoms with van der Waals surface area (Å²) in [6, 6.07) is 19.3. The van der Waals surface area contributed by atoms with Gasteiger partial charge in [-0.1, -0.05) is 18.2 Å². The Hall–Kier alpha value is -4.11. The Labute approximate surface area is 207 Å². The maximum Gasteiger partial charge on any atom is 0.226 e. The average molecular weight is 487 g/mol. The van der Waals surface area contributed by atoms with E-state index in [4.69, 9.17) is 12.2 Å². The minimum absolute atomic E-state index is 0.134. The topological polar surface area (TPSA) is 75.1 Å². The van der Waals surface area contributed by atoms with Gasteiger partial charge in [0.2, 0.25) is 5.91 Å². The van der Waals surface area contributed by atoms with Crippen LogP contribution in [-0.2, 0) is 4.79 Å². The zero-order valence-electron chi connectivity index (χ0n) is 18.7. The third-order valence-corrected chi connectivity index (χ3v) is 6.29. The largest absolute Gasteiger partial charge is 0.352 e. The van der Waals surface area contributed by atoms with Crippen LogP contribution in [-0.4, -0.2) is 37.0 Å². The molecule has 0 saturated carbocycles. The van der Waals surface area contributed by atoms with E-state index in [2.05, 4.69) is 25.2 Å². The summed E-state index contributed by atoms with van der Waals surface area (Å²) in [4.78, 5) is 23.5. The standard InChI is InChI=1S/C26H23FN6OS/c27-19-8-1-2-9-20(19)30-23(34)12-16-33-25(24(31-26(33)35)21-10-3-4-14-29-21)22-11-6-15-32(22)18-7-5-13-28-17-18/h1-11,13-15,17,24-25H,12,16H2,(H,30,34)(H,31,35)/t24-,25+/m1/s1. The number of amides is 1. The third-order valence-electron chi connectivity index (χ3n) is 5.93. The molecule has 5 rings (SSSR count). The highest BCUT2D eigenvalue weighted by Crippen LogP contribution is 2.39. The van der Waals surface area contributed by atoms with Gasteiger partial charge in [0.1, 0.15) is 5.82 Å². The van der Waals surface area contributed by atoms with Crippen molar-refractivity contribution in [3.05, 3.63) is 109 Å². The van der Waals surface area contributed by atoms with Gasteiger partial charge in [-0.05, 0) is 60.7 Å². The fraction of sp³-hybridized carbons (Fsp3) is 0.154. The number of pyridine rings is 2. The number of para-hydroxylation sites is 1. The lowest BCUT2D eigenvalue weighted by atomic mass is 10.0. The minimum Gasteiger partial charge on any atom is -0.352 e. The Morgan fingerprint density at radius 3 is 2.69 bits per heavy atom. The first-order valence-electron chi connectivity index (χ1n) is 11.2. The second-order valence-electron chi connectivity index (χ2n) is 8.11. The lowest BCUT2D eigenvalue weighted by Crippen LogP contribution is -2.33. The number of aromatic nitrogens is 3. The van der Waals surface area contributed by atoms with Crippen LogP contribution in [0.15, 0.2) is 91.5 Å². The van der Waals surface area contributed by atoms with Crippen molar-refractivity contribution in [2.75, 3.05) is 11.9 Å². The van der Waals surface area contributed by atoms with Gasteiger partial charge >= 0.3 is 0 Å². The van der Waals surface area contributed by atoms with E-state index in [9.17, 15) is 9.18 Å². The van der Waals surface area contributed by atoms with E-state index >= 15 is 0 Å². The molecule has 0 spiro atoms. The Bertz CT molecular complexity index is 1330. The van der Waals surface area contributed by atoms with E-state index in [-0.39, 0.29) is 30.1 Å². The molecule has 7 nitrogen and oxygen atoms in total. The summed E-state index contributed by atoms with van der Waals surface area (Å²) in [5, 5.41) is 6.57. The van der Waals surface area contributed by atoms with Gasteiger partial charge in [0, 0.05) is 37.3 Å². The monoisotopic (exact) mass is 486 g/mol. The number of nitrogens with zero attached hydrogens (tertiary/aromatic N) is 4. The number of carbonyl (C=O) groups excluding carboxylic acids is 1. The maximum absolute atomic E-state index is 14.0. The molecule has 4 aromatic rings. The number of halogens is 1. The molecular weight excluding hydrogens is 463 g/mol.